The van der Waals surface area contributed by atoms with Crippen LogP contribution in [-0.4, -0.2) is 16.3 Å². The standard InChI is InChI=1S/C12H8BrF3N2O.C5H5BrN2/c13-8-1-6-11(17-7-8)18-9-2-4-10(5-3-9)19-12(14,15)16;6-4-1-2-5(7)8-3-4/h1-7H,(H,17,18);1-3H,(H2,7,8). The monoisotopic (exact) mass is 504 g/mol. The SMILES string of the molecule is FC(F)(F)Oc1ccc(Nc2ccc(Br)cn2)cc1.Nc1ccc(Br)cn1. The molecule has 10 heteroatoms. The van der Waals surface area contributed by atoms with Crippen molar-refractivity contribution in [2.24, 2.45) is 0 Å². The van der Waals surface area contributed by atoms with Crippen molar-refractivity contribution in [3.63, 3.8) is 0 Å². The minimum atomic E-state index is -4.68. The van der Waals surface area contributed by atoms with Crippen molar-refractivity contribution < 1.29 is 17.9 Å². The van der Waals surface area contributed by atoms with Crippen molar-refractivity contribution in [1.29, 1.82) is 0 Å². The Hall–Kier alpha value is -2.33. The molecule has 0 radical (unpaired) electrons. The molecule has 27 heavy (non-hydrogen) atoms. The topological polar surface area (TPSA) is 73.1 Å². The van der Waals surface area contributed by atoms with Gasteiger partial charge in [0.2, 0.25) is 0 Å². The fraction of sp³-hybridized carbons (Fsp3) is 0.0588. The third-order valence-corrected chi connectivity index (χ3v) is 3.78. The maximum atomic E-state index is 12.0. The van der Waals surface area contributed by atoms with E-state index in [0.717, 1.165) is 8.95 Å². The van der Waals surface area contributed by atoms with Gasteiger partial charge in [0.15, 0.2) is 0 Å². The van der Waals surface area contributed by atoms with Crippen LogP contribution in [0.25, 0.3) is 0 Å². The Morgan fingerprint density at radius 1 is 0.852 bits per heavy atom. The van der Waals surface area contributed by atoms with Gasteiger partial charge in [-0.3, -0.25) is 0 Å². The Bertz CT molecular complexity index is 821. The van der Waals surface area contributed by atoms with Crippen molar-refractivity contribution in [3.8, 4) is 5.75 Å². The summed E-state index contributed by atoms with van der Waals surface area (Å²) in [5.41, 5.74) is 5.91. The van der Waals surface area contributed by atoms with E-state index < -0.39 is 6.36 Å². The molecule has 0 aliphatic heterocycles. The summed E-state index contributed by atoms with van der Waals surface area (Å²) < 4.78 is 41.5. The highest BCUT2D eigenvalue weighted by atomic mass is 79.9. The Balaban J connectivity index is 0.000000273. The second-order valence-electron chi connectivity index (χ2n) is 4.96. The first kappa shape index (κ1) is 21.0. The number of anilines is 3. The first-order chi connectivity index (χ1) is 12.7. The second-order valence-corrected chi connectivity index (χ2v) is 6.79. The lowest BCUT2D eigenvalue weighted by molar-refractivity contribution is -0.274. The van der Waals surface area contributed by atoms with Gasteiger partial charge < -0.3 is 15.8 Å². The Morgan fingerprint density at radius 2 is 1.44 bits per heavy atom. The Morgan fingerprint density at radius 3 is 1.89 bits per heavy atom. The van der Waals surface area contributed by atoms with Crippen LogP contribution in [0, 0.1) is 0 Å². The van der Waals surface area contributed by atoms with Crippen LogP contribution in [0.15, 0.2) is 69.9 Å². The molecular weight excluding hydrogens is 493 g/mol. The molecule has 0 saturated carbocycles. The van der Waals surface area contributed by atoms with Gasteiger partial charge in [-0.2, -0.15) is 0 Å². The van der Waals surface area contributed by atoms with Crippen molar-refractivity contribution in [1.82, 2.24) is 9.97 Å². The summed E-state index contributed by atoms with van der Waals surface area (Å²) in [4.78, 5) is 7.90. The summed E-state index contributed by atoms with van der Waals surface area (Å²) in [6.45, 7) is 0. The summed E-state index contributed by atoms with van der Waals surface area (Å²) in [5, 5.41) is 2.95. The molecule has 0 aliphatic rings. The lowest BCUT2D eigenvalue weighted by Gasteiger charge is -2.10. The van der Waals surface area contributed by atoms with Crippen molar-refractivity contribution in [2.45, 2.75) is 6.36 Å². The van der Waals surface area contributed by atoms with Gasteiger partial charge in [0.25, 0.3) is 0 Å². The molecule has 0 fully saturated rings. The molecule has 5 nitrogen and oxygen atoms in total. The van der Waals surface area contributed by atoms with Crippen LogP contribution in [0.4, 0.5) is 30.5 Å². The van der Waals surface area contributed by atoms with Gasteiger partial charge in [0.1, 0.15) is 17.4 Å². The first-order valence-electron chi connectivity index (χ1n) is 7.33. The van der Waals surface area contributed by atoms with Gasteiger partial charge in [-0.05, 0) is 80.4 Å². The van der Waals surface area contributed by atoms with E-state index in [2.05, 4.69) is 51.9 Å². The molecule has 0 saturated heterocycles. The third kappa shape index (κ3) is 8.27. The van der Waals surface area contributed by atoms with Crippen molar-refractivity contribution >= 4 is 49.2 Å². The average molecular weight is 506 g/mol. The van der Waals surface area contributed by atoms with E-state index in [1.54, 1.807) is 30.6 Å². The Labute approximate surface area is 170 Å². The zero-order valence-corrected chi connectivity index (χ0v) is 16.7. The minimum Gasteiger partial charge on any atom is -0.406 e. The number of hydrogen-bond donors (Lipinski definition) is 2. The highest BCUT2D eigenvalue weighted by Crippen LogP contribution is 2.25. The number of nitrogens with zero attached hydrogens (tertiary/aromatic N) is 2. The number of alkyl halides is 3. The third-order valence-electron chi connectivity index (χ3n) is 2.84. The van der Waals surface area contributed by atoms with Gasteiger partial charge in [-0.1, -0.05) is 0 Å². The molecule has 0 atom stereocenters. The summed E-state index contributed by atoms with van der Waals surface area (Å²) in [6.07, 6.45) is -1.40. The maximum absolute atomic E-state index is 12.0. The number of aromatic nitrogens is 2. The molecule has 3 rings (SSSR count). The van der Waals surface area contributed by atoms with Crippen LogP contribution in [-0.2, 0) is 0 Å². The number of nitrogens with one attached hydrogen (secondary N) is 1. The maximum Gasteiger partial charge on any atom is 0.573 e. The van der Waals surface area contributed by atoms with E-state index in [0.29, 0.717) is 17.3 Å². The van der Waals surface area contributed by atoms with Gasteiger partial charge >= 0.3 is 6.36 Å². The zero-order valence-electron chi connectivity index (χ0n) is 13.5. The normalized spacial score (nSPS) is 10.6. The quantitative estimate of drug-likeness (QED) is 0.462. The van der Waals surface area contributed by atoms with E-state index in [4.69, 9.17) is 5.73 Å². The molecule has 0 spiro atoms. The van der Waals surface area contributed by atoms with E-state index >= 15 is 0 Å². The zero-order chi connectivity index (χ0) is 19.9. The van der Waals surface area contributed by atoms with Crippen molar-refractivity contribution in [3.05, 3.63) is 69.9 Å². The van der Waals surface area contributed by atoms with E-state index in [9.17, 15) is 13.2 Å². The van der Waals surface area contributed by atoms with E-state index in [1.807, 2.05) is 6.07 Å². The highest BCUT2D eigenvalue weighted by Gasteiger charge is 2.30. The fourth-order valence-corrected chi connectivity index (χ4v) is 2.19. The largest absolute Gasteiger partial charge is 0.573 e. The smallest absolute Gasteiger partial charge is 0.406 e. The van der Waals surface area contributed by atoms with Crippen molar-refractivity contribution in [2.75, 3.05) is 11.1 Å². The summed E-state index contributed by atoms with van der Waals surface area (Å²) in [6, 6.07) is 12.5. The van der Waals surface area contributed by atoms with Crippen LogP contribution < -0.4 is 15.8 Å². The van der Waals surface area contributed by atoms with E-state index in [-0.39, 0.29) is 5.75 Å². The highest BCUT2D eigenvalue weighted by molar-refractivity contribution is 9.10. The minimum absolute atomic E-state index is 0.262. The molecule has 3 aromatic rings. The van der Waals surface area contributed by atoms with E-state index in [1.165, 1.54) is 24.3 Å². The number of halogens is 5. The van der Waals surface area contributed by atoms with Gasteiger partial charge in [0, 0.05) is 27.0 Å². The molecule has 3 N–H and O–H groups in total. The molecule has 2 aromatic heterocycles. The average Bonchev–Trinajstić information content (AvgIpc) is 2.61. The molecule has 0 aliphatic carbocycles. The van der Waals surface area contributed by atoms with Gasteiger partial charge in [0.05, 0.1) is 0 Å². The molecular formula is C17H13Br2F3N4O. The second kappa shape index (κ2) is 9.56. The van der Waals surface area contributed by atoms with Crippen LogP contribution >= 0.6 is 31.9 Å². The lowest BCUT2D eigenvalue weighted by Crippen LogP contribution is -2.16. The first-order valence-corrected chi connectivity index (χ1v) is 8.91. The number of nitrogens with two attached hydrogens (primary N) is 1. The number of nitrogen functional groups attached to an aromatic ring is 1. The molecule has 0 unspecified atom stereocenters. The van der Waals surface area contributed by atoms with Crippen LogP contribution in [0.3, 0.4) is 0 Å². The molecule has 0 amide bonds. The van der Waals surface area contributed by atoms with Gasteiger partial charge in [-0.25, -0.2) is 9.97 Å². The number of benzene rings is 1. The number of ether oxygens (including phenoxy) is 1. The summed E-state index contributed by atoms with van der Waals surface area (Å²) in [7, 11) is 0. The lowest BCUT2D eigenvalue weighted by atomic mass is 10.3. The number of hydrogen-bond acceptors (Lipinski definition) is 5. The fourth-order valence-electron chi connectivity index (χ4n) is 1.72. The predicted molar refractivity (Wildman–Crippen MR) is 105 cm³/mol. The molecule has 0 bridgehead atoms. The molecule has 1 aromatic carbocycles. The van der Waals surface area contributed by atoms with Crippen LogP contribution in [0.1, 0.15) is 0 Å². The summed E-state index contributed by atoms with van der Waals surface area (Å²) in [5.74, 6) is 0.878. The van der Waals surface area contributed by atoms with Crippen LogP contribution in [0.5, 0.6) is 5.75 Å². The Kier molecular flexibility index (Phi) is 7.43. The van der Waals surface area contributed by atoms with Gasteiger partial charge in [-0.15, -0.1) is 13.2 Å². The van der Waals surface area contributed by atoms with Crippen LogP contribution in [0.2, 0.25) is 0 Å². The molecule has 2 heterocycles. The predicted octanol–water partition coefficient (Wildman–Crippen LogP) is 5.91. The summed E-state index contributed by atoms with van der Waals surface area (Å²) >= 11 is 6.48. The molecule has 142 valence electrons. The number of rotatable bonds is 3. The number of pyridine rings is 2.